The van der Waals surface area contributed by atoms with Gasteiger partial charge in [-0.1, -0.05) is 6.07 Å². The molecule has 0 aliphatic heterocycles. The highest BCUT2D eigenvalue weighted by molar-refractivity contribution is 7.09. The van der Waals surface area contributed by atoms with Gasteiger partial charge in [0.15, 0.2) is 6.29 Å². The van der Waals surface area contributed by atoms with E-state index in [4.69, 9.17) is 0 Å². The van der Waals surface area contributed by atoms with Crippen LogP contribution in [0.1, 0.15) is 21.1 Å². The predicted octanol–water partition coefficient (Wildman–Crippen LogP) is 1.94. The second-order valence-electron chi connectivity index (χ2n) is 2.81. The summed E-state index contributed by atoms with van der Waals surface area (Å²) in [6.45, 7) is 0. The van der Waals surface area contributed by atoms with Crippen LogP contribution >= 0.6 is 11.3 Å². The number of hydrogen-bond acceptors (Lipinski definition) is 4. The van der Waals surface area contributed by atoms with Crippen LogP contribution in [0, 0.1) is 0 Å². The Balaban J connectivity index is 2.14. The summed E-state index contributed by atoms with van der Waals surface area (Å²) in [5.41, 5.74) is 0.514. The fourth-order valence-corrected chi connectivity index (χ4v) is 1.79. The molecule has 2 aromatic rings. The molecule has 2 aromatic heterocycles. The summed E-state index contributed by atoms with van der Waals surface area (Å²) in [5.74, 6) is 0.748. The van der Waals surface area contributed by atoms with Gasteiger partial charge in [-0.3, -0.25) is 4.79 Å². The van der Waals surface area contributed by atoms with E-state index < -0.39 is 0 Å². The summed E-state index contributed by atoms with van der Waals surface area (Å²) in [5, 5.41) is 2.02. The molecule has 0 saturated carbocycles. The SMILES string of the molecule is O=Cc1cnc(Cc2cccs2)nc1. The van der Waals surface area contributed by atoms with Crippen LogP contribution < -0.4 is 0 Å². The maximum Gasteiger partial charge on any atom is 0.153 e. The smallest absolute Gasteiger partial charge is 0.153 e. The molecule has 2 heterocycles. The van der Waals surface area contributed by atoms with Crippen molar-refractivity contribution >= 4 is 17.6 Å². The molecule has 0 aromatic carbocycles. The first-order valence-electron chi connectivity index (χ1n) is 4.17. The molecule has 0 atom stereocenters. The minimum atomic E-state index is 0.514. The number of carbonyl (C=O) groups is 1. The third-order valence-electron chi connectivity index (χ3n) is 1.77. The third-order valence-corrected chi connectivity index (χ3v) is 2.65. The Morgan fingerprint density at radius 3 is 2.71 bits per heavy atom. The van der Waals surface area contributed by atoms with Crippen molar-refractivity contribution in [1.82, 2.24) is 9.97 Å². The maximum atomic E-state index is 10.4. The minimum absolute atomic E-state index is 0.514. The Morgan fingerprint density at radius 1 is 1.36 bits per heavy atom. The number of carbonyl (C=O) groups excluding carboxylic acids is 1. The zero-order valence-electron chi connectivity index (χ0n) is 7.38. The van der Waals surface area contributed by atoms with Crippen molar-refractivity contribution in [3.63, 3.8) is 0 Å². The molecule has 14 heavy (non-hydrogen) atoms. The molecule has 70 valence electrons. The summed E-state index contributed by atoms with van der Waals surface area (Å²) in [4.78, 5) is 19.8. The third kappa shape index (κ3) is 2.03. The molecule has 0 unspecified atom stereocenters. The van der Waals surface area contributed by atoms with Gasteiger partial charge in [-0.15, -0.1) is 11.3 Å². The van der Waals surface area contributed by atoms with Crippen molar-refractivity contribution < 1.29 is 4.79 Å². The zero-order chi connectivity index (χ0) is 9.80. The number of aromatic nitrogens is 2. The standard InChI is InChI=1S/C10H8N2OS/c13-7-8-5-11-10(12-6-8)4-9-2-1-3-14-9/h1-3,5-7H,4H2. The van der Waals surface area contributed by atoms with Crippen molar-refractivity contribution in [2.24, 2.45) is 0 Å². The van der Waals surface area contributed by atoms with Crippen LogP contribution in [0.25, 0.3) is 0 Å². The molecule has 0 spiro atoms. The lowest BCUT2D eigenvalue weighted by Crippen LogP contribution is -1.95. The Hall–Kier alpha value is -1.55. The van der Waals surface area contributed by atoms with E-state index >= 15 is 0 Å². The van der Waals surface area contributed by atoms with E-state index in [-0.39, 0.29) is 0 Å². The van der Waals surface area contributed by atoms with Gasteiger partial charge in [0.25, 0.3) is 0 Å². The lowest BCUT2D eigenvalue weighted by atomic mass is 10.3. The normalized spacial score (nSPS) is 10.0. The molecule has 0 fully saturated rings. The Kier molecular flexibility index (Phi) is 2.65. The van der Waals surface area contributed by atoms with Crippen LogP contribution in [0.5, 0.6) is 0 Å². The molecule has 0 amide bonds. The van der Waals surface area contributed by atoms with E-state index in [0.717, 1.165) is 18.5 Å². The molecule has 0 N–H and O–H groups in total. The molecular weight excluding hydrogens is 196 g/mol. The summed E-state index contributed by atoms with van der Waals surface area (Å²) < 4.78 is 0. The van der Waals surface area contributed by atoms with E-state index in [1.54, 1.807) is 23.7 Å². The van der Waals surface area contributed by atoms with E-state index in [9.17, 15) is 4.79 Å². The number of aldehydes is 1. The fraction of sp³-hybridized carbons (Fsp3) is 0.100. The van der Waals surface area contributed by atoms with Gasteiger partial charge >= 0.3 is 0 Å². The van der Waals surface area contributed by atoms with Gasteiger partial charge in [-0.05, 0) is 11.4 Å². The Labute approximate surface area is 85.5 Å². The first-order chi connectivity index (χ1) is 6.88. The predicted molar refractivity (Wildman–Crippen MR) is 54.5 cm³/mol. The van der Waals surface area contributed by atoms with Gasteiger partial charge in [0.2, 0.25) is 0 Å². The Bertz CT molecular complexity index is 408. The van der Waals surface area contributed by atoms with E-state index in [0.29, 0.717) is 5.56 Å². The molecule has 0 radical (unpaired) electrons. The summed E-state index contributed by atoms with van der Waals surface area (Å²) in [6, 6.07) is 4.04. The highest BCUT2D eigenvalue weighted by atomic mass is 32.1. The molecule has 0 saturated heterocycles. The fourth-order valence-electron chi connectivity index (χ4n) is 1.09. The van der Waals surface area contributed by atoms with E-state index in [2.05, 4.69) is 9.97 Å². The summed E-state index contributed by atoms with van der Waals surface area (Å²) in [7, 11) is 0. The van der Waals surface area contributed by atoms with Crippen LogP contribution in [-0.4, -0.2) is 16.3 Å². The number of hydrogen-bond donors (Lipinski definition) is 0. The van der Waals surface area contributed by atoms with Crippen molar-refractivity contribution in [2.75, 3.05) is 0 Å². The molecule has 4 heteroatoms. The second kappa shape index (κ2) is 4.11. The summed E-state index contributed by atoms with van der Waals surface area (Å²) >= 11 is 1.68. The first kappa shape index (κ1) is 9.02. The summed E-state index contributed by atoms with van der Waals surface area (Å²) in [6.07, 6.45) is 4.57. The lowest BCUT2D eigenvalue weighted by molar-refractivity contribution is 0.112. The zero-order valence-corrected chi connectivity index (χ0v) is 8.20. The molecule has 2 rings (SSSR count). The highest BCUT2D eigenvalue weighted by Gasteiger charge is 1.99. The Morgan fingerprint density at radius 2 is 2.14 bits per heavy atom. The van der Waals surface area contributed by atoms with Crippen LogP contribution in [0.15, 0.2) is 29.9 Å². The number of nitrogens with zero attached hydrogens (tertiary/aromatic N) is 2. The minimum Gasteiger partial charge on any atom is -0.298 e. The van der Waals surface area contributed by atoms with Crippen molar-refractivity contribution in [3.05, 3.63) is 46.2 Å². The van der Waals surface area contributed by atoms with Gasteiger partial charge in [0.1, 0.15) is 5.82 Å². The van der Waals surface area contributed by atoms with Crippen LogP contribution in [-0.2, 0) is 6.42 Å². The van der Waals surface area contributed by atoms with Gasteiger partial charge in [-0.2, -0.15) is 0 Å². The van der Waals surface area contributed by atoms with E-state index in [1.165, 1.54) is 4.88 Å². The maximum absolute atomic E-state index is 10.4. The first-order valence-corrected chi connectivity index (χ1v) is 5.05. The monoisotopic (exact) mass is 204 g/mol. The van der Waals surface area contributed by atoms with Crippen molar-refractivity contribution in [3.8, 4) is 0 Å². The molecular formula is C10H8N2OS. The quantitative estimate of drug-likeness (QED) is 0.717. The van der Waals surface area contributed by atoms with Crippen molar-refractivity contribution in [1.29, 1.82) is 0 Å². The van der Waals surface area contributed by atoms with Crippen LogP contribution in [0.3, 0.4) is 0 Å². The number of thiophene rings is 1. The lowest BCUT2D eigenvalue weighted by Gasteiger charge is -1.96. The molecule has 0 aliphatic carbocycles. The van der Waals surface area contributed by atoms with Gasteiger partial charge in [0.05, 0.1) is 5.56 Å². The molecule has 0 bridgehead atoms. The largest absolute Gasteiger partial charge is 0.298 e. The van der Waals surface area contributed by atoms with Crippen LogP contribution in [0.2, 0.25) is 0 Å². The van der Waals surface area contributed by atoms with Gasteiger partial charge < -0.3 is 0 Å². The van der Waals surface area contributed by atoms with Crippen molar-refractivity contribution in [2.45, 2.75) is 6.42 Å². The topological polar surface area (TPSA) is 42.9 Å². The number of rotatable bonds is 3. The second-order valence-corrected chi connectivity index (χ2v) is 3.84. The van der Waals surface area contributed by atoms with Gasteiger partial charge in [-0.25, -0.2) is 9.97 Å². The van der Waals surface area contributed by atoms with Gasteiger partial charge in [0, 0.05) is 23.7 Å². The highest BCUT2D eigenvalue weighted by Crippen LogP contribution is 2.11. The van der Waals surface area contributed by atoms with E-state index in [1.807, 2.05) is 17.5 Å². The van der Waals surface area contributed by atoms with Crippen LogP contribution in [0.4, 0.5) is 0 Å². The molecule has 3 nitrogen and oxygen atoms in total. The molecule has 0 aliphatic rings. The average Bonchev–Trinajstić information content (AvgIpc) is 2.72. The average molecular weight is 204 g/mol.